The fourth-order valence-electron chi connectivity index (χ4n) is 2.68. The molecule has 1 fully saturated rings. The maximum absolute atomic E-state index is 14.0. The lowest BCUT2D eigenvalue weighted by molar-refractivity contribution is -0.118. The van der Waals surface area contributed by atoms with E-state index in [1.165, 1.54) is 6.07 Å². The normalized spacial score (nSPS) is 15.6. The monoisotopic (exact) mass is 348 g/mol. The molecule has 0 atom stereocenters. The molecular weight excluding hydrogens is 331 g/mol. The van der Waals surface area contributed by atoms with E-state index in [9.17, 15) is 17.6 Å². The van der Waals surface area contributed by atoms with E-state index in [1.54, 1.807) is 42.5 Å². The van der Waals surface area contributed by atoms with E-state index in [4.69, 9.17) is 0 Å². The minimum Gasteiger partial charge on any atom is -0.325 e. The maximum atomic E-state index is 14.0. The molecule has 0 radical (unpaired) electrons. The minimum absolute atomic E-state index is 0.253. The maximum Gasteiger partial charge on any atom is 0.235 e. The first-order valence-corrected chi connectivity index (χ1v) is 9.34. The molecule has 126 valence electrons. The van der Waals surface area contributed by atoms with Crippen LogP contribution in [0.4, 0.5) is 15.8 Å². The third-order valence-electron chi connectivity index (χ3n) is 4.02. The van der Waals surface area contributed by atoms with Gasteiger partial charge in [-0.25, -0.2) is 12.8 Å². The lowest BCUT2D eigenvalue weighted by Crippen LogP contribution is -2.28. The van der Waals surface area contributed by atoms with Crippen LogP contribution in [0.2, 0.25) is 0 Å². The van der Waals surface area contributed by atoms with Gasteiger partial charge in [0.25, 0.3) is 0 Å². The lowest BCUT2D eigenvalue weighted by atomic mass is 9.94. The van der Waals surface area contributed by atoms with Gasteiger partial charge in [-0.15, -0.1) is 0 Å². The van der Waals surface area contributed by atoms with E-state index in [2.05, 4.69) is 10.0 Å². The summed E-state index contributed by atoms with van der Waals surface area (Å²) in [6, 6.07) is 12.6. The summed E-state index contributed by atoms with van der Waals surface area (Å²) in [5.41, 5.74) is 0.542. The van der Waals surface area contributed by atoms with Crippen molar-refractivity contribution in [3.8, 4) is 0 Å². The molecule has 2 aromatic rings. The fraction of sp³-hybridized carbons (Fsp3) is 0.235. The first-order valence-electron chi connectivity index (χ1n) is 7.44. The summed E-state index contributed by atoms with van der Waals surface area (Å²) < 4.78 is 38.7. The van der Waals surface area contributed by atoms with Gasteiger partial charge in [0.1, 0.15) is 5.82 Å². The molecule has 3 rings (SSSR count). The Balaban J connectivity index is 1.75. The summed E-state index contributed by atoms with van der Waals surface area (Å²) in [4.78, 5) is 12.6. The van der Waals surface area contributed by atoms with Crippen molar-refractivity contribution in [1.29, 1.82) is 0 Å². The number of nitrogens with one attached hydrogen (secondary N) is 2. The van der Waals surface area contributed by atoms with Gasteiger partial charge in [0, 0.05) is 16.9 Å². The zero-order chi connectivity index (χ0) is 17.4. The number of amides is 1. The Hall–Kier alpha value is -2.41. The standard InChI is InChI=1S/C17H17FN2O3S/c1-24(22,23)20-13-8-6-12(7-9-13)19-16(21)17(10-11-17)14-4-2-3-5-15(14)18/h2-9,20H,10-11H2,1H3,(H,19,21). The Morgan fingerprint density at radius 2 is 1.62 bits per heavy atom. The van der Waals surface area contributed by atoms with Crippen LogP contribution in [0.3, 0.4) is 0 Å². The lowest BCUT2D eigenvalue weighted by Gasteiger charge is -2.16. The van der Waals surface area contributed by atoms with E-state index in [1.807, 2.05) is 0 Å². The molecule has 0 bridgehead atoms. The van der Waals surface area contributed by atoms with Crippen LogP contribution in [0.15, 0.2) is 48.5 Å². The highest BCUT2D eigenvalue weighted by Gasteiger charge is 2.52. The number of carbonyl (C=O) groups excluding carboxylic acids is 1. The average molecular weight is 348 g/mol. The summed E-state index contributed by atoms with van der Waals surface area (Å²) in [5, 5.41) is 2.78. The number of benzene rings is 2. The molecule has 1 saturated carbocycles. The van der Waals surface area contributed by atoms with Crippen LogP contribution in [0.1, 0.15) is 18.4 Å². The molecule has 0 aromatic heterocycles. The molecule has 7 heteroatoms. The summed E-state index contributed by atoms with van der Waals surface area (Å²) >= 11 is 0. The van der Waals surface area contributed by atoms with Crippen LogP contribution in [-0.2, 0) is 20.2 Å². The van der Waals surface area contributed by atoms with E-state index < -0.39 is 15.4 Å². The van der Waals surface area contributed by atoms with Crippen molar-refractivity contribution in [1.82, 2.24) is 0 Å². The van der Waals surface area contributed by atoms with Crippen molar-refractivity contribution in [3.63, 3.8) is 0 Å². The molecule has 2 aromatic carbocycles. The number of hydrogen-bond acceptors (Lipinski definition) is 3. The molecule has 0 aliphatic heterocycles. The van der Waals surface area contributed by atoms with Crippen LogP contribution in [0.5, 0.6) is 0 Å². The molecule has 1 aliphatic carbocycles. The van der Waals surface area contributed by atoms with Gasteiger partial charge in [0.15, 0.2) is 0 Å². The molecule has 0 spiro atoms. The molecular formula is C17H17FN2O3S. The largest absolute Gasteiger partial charge is 0.325 e. The quantitative estimate of drug-likeness (QED) is 0.872. The number of sulfonamides is 1. The van der Waals surface area contributed by atoms with Gasteiger partial charge in [-0.3, -0.25) is 9.52 Å². The number of rotatable bonds is 5. The molecule has 0 heterocycles. The zero-order valence-electron chi connectivity index (χ0n) is 13.0. The molecule has 5 nitrogen and oxygen atoms in total. The van der Waals surface area contributed by atoms with Crippen molar-refractivity contribution in [2.24, 2.45) is 0 Å². The molecule has 2 N–H and O–H groups in total. The highest BCUT2D eigenvalue weighted by Crippen LogP contribution is 2.49. The smallest absolute Gasteiger partial charge is 0.235 e. The van der Waals surface area contributed by atoms with Gasteiger partial charge >= 0.3 is 0 Å². The van der Waals surface area contributed by atoms with Crippen molar-refractivity contribution >= 4 is 27.3 Å². The first kappa shape index (κ1) is 16.4. The molecule has 1 aliphatic rings. The van der Waals surface area contributed by atoms with Gasteiger partial charge in [-0.2, -0.15) is 0 Å². The molecule has 1 amide bonds. The van der Waals surface area contributed by atoms with Crippen LogP contribution < -0.4 is 10.0 Å². The summed E-state index contributed by atoms with van der Waals surface area (Å²) in [6.07, 6.45) is 2.27. The van der Waals surface area contributed by atoms with Gasteiger partial charge in [0.05, 0.1) is 11.7 Å². The Labute approximate surface area is 139 Å². The number of anilines is 2. The van der Waals surface area contributed by atoms with Gasteiger partial charge in [-0.05, 0) is 43.2 Å². The summed E-state index contributed by atoms with van der Waals surface area (Å²) in [6.45, 7) is 0. The Morgan fingerprint density at radius 1 is 1.04 bits per heavy atom. The second-order valence-corrected chi connectivity index (χ2v) is 7.72. The summed E-state index contributed by atoms with van der Waals surface area (Å²) in [7, 11) is -3.35. The van der Waals surface area contributed by atoms with Crippen molar-refractivity contribution < 1.29 is 17.6 Å². The molecule has 0 unspecified atom stereocenters. The number of carbonyl (C=O) groups is 1. The van der Waals surface area contributed by atoms with Crippen LogP contribution >= 0.6 is 0 Å². The van der Waals surface area contributed by atoms with Crippen LogP contribution in [0.25, 0.3) is 0 Å². The Morgan fingerprint density at radius 3 is 2.17 bits per heavy atom. The van der Waals surface area contributed by atoms with Crippen molar-refractivity contribution in [2.75, 3.05) is 16.3 Å². The second kappa shape index (κ2) is 5.90. The number of hydrogen-bond donors (Lipinski definition) is 2. The van der Waals surface area contributed by atoms with Gasteiger partial charge in [-0.1, -0.05) is 18.2 Å². The average Bonchev–Trinajstić information content (AvgIpc) is 3.30. The highest BCUT2D eigenvalue weighted by molar-refractivity contribution is 7.92. The van der Waals surface area contributed by atoms with E-state index in [-0.39, 0.29) is 11.7 Å². The molecule has 24 heavy (non-hydrogen) atoms. The number of halogens is 1. The van der Waals surface area contributed by atoms with Crippen molar-refractivity contribution in [3.05, 3.63) is 59.9 Å². The Kier molecular flexibility index (Phi) is 4.04. The predicted molar refractivity (Wildman–Crippen MR) is 90.9 cm³/mol. The van der Waals surface area contributed by atoms with Crippen LogP contribution in [-0.4, -0.2) is 20.6 Å². The van der Waals surface area contributed by atoms with E-state index >= 15 is 0 Å². The van der Waals surface area contributed by atoms with Gasteiger partial charge < -0.3 is 5.32 Å². The second-order valence-electron chi connectivity index (χ2n) is 5.97. The van der Waals surface area contributed by atoms with Crippen molar-refractivity contribution in [2.45, 2.75) is 18.3 Å². The topological polar surface area (TPSA) is 75.3 Å². The Bertz CT molecular complexity index is 875. The SMILES string of the molecule is CS(=O)(=O)Nc1ccc(NC(=O)C2(c3ccccc3F)CC2)cc1. The zero-order valence-corrected chi connectivity index (χ0v) is 13.9. The molecule has 0 saturated heterocycles. The summed E-state index contributed by atoms with van der Waals surface area (Å²) in [5.74, 6) is -0.630. The van der Waals surface area contributed by atoms with Crippen LogP contribution in [0, 0.1) is 5.82 Å². The fourth-order valence-corrected chi connectivity index (χ4v) is 3.24. The minimum atomic E-state index is -3.35. The van der Waals surface area contributed by atoms with Gasteiger partial charge in [0.2, 0.25) is 15.9 Å². The van der Waals surface area contributed by atoms with E-state index in [0.29, 0.717) is 29.8 Å². The predicted octanol–water partition coefficient (Wildman–Crippen LogP) is 2.87. The highest BCUT2D eigenvalue weighted by atomic mass is 32.2. The van der Waals surface area contributed by atoms with E-state index in [0.717, 1.165) is 6.26 Å². The first-order chi connectivity index (χ1) is 11.3. The third-order valence-corrected chi connectivity index (χ3v) is 4.63. The third kappa shape index (κ3) is 3.41.